The standard InChI is InChI=1S/C24H29O5P/c1-4-5-6-7-8-16-21(30-27)23(25)17-12-9-10-13-18(17)24(26)22-19(28-2)14-11-15-20(22)29-3/h9-15,21H,4-8,16H2,1-3H3. The molecule has 2 aromatic rings. The molecule has 0 spiro atoms. The largest absolute Gasteiger partial charge is 0.496 e. The normalized spacial score (nSPS) is 11.8. The van der Waals surface area contributed by atoms with Crippen LogP contribution >= 0.6 is 8.46 Å². The quantitative estimate of drug-likeness (QED) is 0.218. The molecule has 0 aliphatic rings. The van der Waals surface area contributed by atoms with Gasteiger partial charge in [-0.3, -0.25) is 14.2 Å². The molecule has 0 radical (unpaired) electrons. The van der Waals surface area contributed by atoms with Gasteiger partial charge in [-0.05, 0) is 18.6 Å². The summed E-state index contributed by atoms with van der Waals surface area (Å²) < 4.78 is 22.4. The van der Waals surface area contributed by atoms with Crippen molar-refractivity contribution in [2.75, 3.05) is 14.2 Å². The molecule has 0 amide bonds. The van der Waals surface area contributed by atoms with Crippen LogP contribution in [0.4, 0.5) is 0 Å². The average Bonchev–Trinajstić information content (AvgIpc) is 2.80. The number of methoxy groups -OCH3 is 2. The summed E-state index contributed by atoms with van der Waals surface area (Å²) >= 11 is 0. The highest BCUT2D eigenvalue weighted by atomic mass is 31.1. The summed E-state index contributed by atoms with van der Waals surface area (Å²) in [6, 6.07) is 11.7. The Labute approximate surface area is 180 Å². The van der Waals surface area contributed by atoms with Crippen LogP contribution < -0.4 is 9.47 Å². The van der Waals surface area contributed by atoms with E-state index >= 15 is 0 Å². The van der Waals surface area contributed by atoms with Gasteiger partial charge in [0.1, 0.15) is 22.7 Å². The number of carbonyl (C=O) groups excluding carboxylic acids is 2. The Kier molecular flexibility index (Phi) is 9.69. The highest BCUT2D eigenvalue weighted by Gasteiger charge is 2.27. The monoisotopic (exact) mass is 428 g/mol. The van der Waals surface area contributed by atoms with Crippen LogP contribution in [0.25, 0.3) is 0 Å². The minimum atomic E-state index is -0.653. The molecule has 0 fully saturated rings. The molecule has 0 aliphatic heterocycles. The Balaban J connectivity index is 2.32. The molecular formula is C24H29O5P. The first kappa shape index (κ1) is 23.8. The van der Waals surface area contributed by atoms with E-state index in [2.05, 4.69) is 6.92 Å². The number of hydrogen-bond acceptors (Lipinski definition) is 5. The van der Waals surface area contributed by atoms with Crippen LogP contribution in [0.1, 0.15) is 71.7 Å². The Bertz CT molecular complexity index is 855. The van der Waals surface area contributed by atoms with Gasteiger partial charge in [-0.15, -0.1) is 0 Å². The second-order valence-corrected chi connectivity index (χ2v) is 7.93. The van der Waals surface area contributed by atoms with E-state index in [9.17, 15) is 14.2 Å². The lowest BCUT2D eigenvalue weighted by atomic mass is 9.93. The molecule has 5 nitrogen and oxygen atoms in total. The zero-order valence-corrected chi connectivity index (χ0v) is 18.7. The number of ketones is 2. The third-order valence-corrected chi connectivity index (χ3v) is 5.85. The number of unbranched alkanes of at least 4 members (excludes halogenated alkanes) is 4. The van der Waals surface area contributed by atoms with E-state index in [1.807, 2.05) is 0 Å². The van der Waals surface area contributed by atoms with Crippen molar-refractivity contribution in [3.63, 3.8) is 0 Å². The van der Waals surface area contributed by atoms with Crippen molar-refractivity contribution in [2.45, 2.75) is 51.1 Å². The molecule has 0 saturated heterocycles. The minimum Gasteiger partial charge on any atom is -0.496 e. The minimum absolute atomic E-state index is 0.217. The summed E-state index contributed by atoms with van der Waals surface area (Å²) in [4.78, 5) is 26.5. The smallest absolute Gasteiger partial charge is 0.201 e. The molecule has 2 rings (SSSR count). The van der Waals surface area contributed by atoms with E-state index in [-0.39, 0.29) is 36.7 Å². The first-order valence-electron chi connectivity index (χ1n) is 10.3. The van der Waals surface area contributed by atoms with Gasteiger partial charge in [0.2, 0.25) is 5.78 Å². The summed E-state index contributed by atoms with van der Waals surface area (Å²) in [5.41, 5.74) is 0.140. The first-order chi connectivity index (χ1) is 14.6. The summed E-state index contributed by atoms with van der Waals surface area (Å²) in [5, 5.41) is 0. The molecule has 2 aromatic carbocycles. The van der Waals surface area contributed by atoms with Crippen LogP contribution in [0, 0.1) is 0 Å². The maximum atomic E-state index is 13.4. The topological polar surface area (TPSA) is 69.7 Å². The summed E-state index contributed by atoms with van der Waals surface area (Å²) in [6.07, 6.45) is 5.79. The third-order valence-electron chi connectivity index (χ3n) is 5.10. The van der Waals surface area contributed by atoms with Gasteiger partial charge >= 0.3 is 0 Å². The Hall–Kier alpha value is -2.52. The van der Waals surface area contributed by atoms with Crippen LogP contribution in [0.15, 0.2) is 42.5 Å². The number of benzene rings is 2. The average molecular weight is 428 g/mol. The van der Waals surface area contributed by atoms with Gasteiger partial charge in [-0.1, -0.05) is 69.4 Å². The Morgan fingerprint density at radius 2 is 1.47 bits per heavy atom. The first-order valence-corrected chi connectivity index (χ1v) is 11.2. The van der Waals surface area contributed by atoms with Crippen molar-refractivity contribution >= 4 is 20.0 Å². The number of hydrogen-bond donors (Lipinski definition) is 0. The van der Waals surface area contributed by atoms with Crippen LogP contribution in [0.5, 0.6) is 11.5 Å². The summed E-state index contributed by atoms with van der Waals surface area (Å²) in [7, 11) is 2.74. The predicted molar refractivity (Wildman–Crippen MR) is 119 cm³/mol. The molecular weight excluding hydrogens is 399 g/mol. The van der Waals surface area contributed by atoms with Crippen LogP contribution in [-0.4, -0.2) is 31.4 Å². The molecule has 6 heteroatoms. The second kappa shape index (κ2) is 12.2. The van der Waals surface area contributed by atoms with Gasteiger partial charge in [0, 0.05) is 11.1 Å². The maximum Gasteiger partial charge on any atom is 0.201 e. The van der Waals surface area contributed by atoms with Crippen molar-refractivity contribution < 1.29 is 23.6 Å². The highest BCUT2D eigenvalue weighted by Crippen LogP contribution is 2.32. The third kappa shape index (κ3) is 5.76. The van der Waals surface area contributed by atoms with Crippen LogP contribution in [-0.2, 0) is 4.57 Å². The zero-order chi connectivity index (χ0) is 21.9. The predicted octanol–water partition coefficient (Wildman–Crippen LogP) is 6.14. The van der Waals surface area contributed by atoms with Gasteiger partial charge in [0.05, 0.1) is 14.2 Å². The summed E-state index contributed by atoms with van der Waals surface area (Å²) in [5.74, 6) is 0.101. The fourth-order valence-electron chi connectivity index (χ4n) is 3.46. The highest BCUT2D eigenvalue weighted by molar-refractivity contribution is 7.26. The van der Waals surface area contributed by atoms with Gasteiger partial charge in [0.15, 0.2) is 14.2 Å². The van der Waals surface area contributed by atoms with E-state index in [1.54, 1.807) is 42.5 Å². The zero-order valence-electron chi connectivity index (χ0n) is 17.8. The van der Waals surface area contributed by atoms with Gasteiger partial charge in [-0.25, -0.2) is 0 Å². The molecule has 30 heavy (non-hydrogen) atoms. The van der Waals surface area contributed by atoms with Gasteiger partial charge < -0.3 is 9.47 Å². The number of Topliss-reactive ketones (excluding diaryl/α,β-unsaturated/α-hetero) is 1. The van der Waals surface area contributed by atoms with Crippen LogP contribution in [0.3, 0.4) is 0 Å². The molecule has 1 unspecified atom stereocenters. The molecule has 0 aromatic heterocycles. The fourth-order valence-corrected chi connectivity index (χ4v) is 3.98. The summed E-state index contributed by atoms with van der Waals surface area (Å²) in [6.45, 7) is 2.15. The number of rotatable bonds is 13. The molecule has 0 heterocycles. The van der Waals surface area contributed by atoms with Crippen molar-refractivity contribution in [1.29, 1.82) is 0 Å². The molecule has 0 N–H and O–H groups in total. The Morgan fingerprint density at radius 3 is 2.03 bits per heavy atom. The molecule has 160 valence electrons. The van der Waals surface area contributed by atoms with E-state index in [0.29, 0.717) is 17.9 Å². The molecule has 0 aliphatic carbocycles. The van der Waals surface area contributed by atoms with Crippen molar-refractivity contribution in [2.24, 2.45) is 0 Å². The van der Waals surface area contributed by atoms with E-state index in [1.165, 1.54) is 14.2 Å². The fraction of sp³-hybridized carbons (Fsp3) is 0.417. The number of carbonyl (C=O) groups is 2. The number of ether oxygens (including phenoxy) is 2. The maximum absolute atomic E-state index is 13.4. The van der Waals surface area contributed by atoms with Crippen molar-refractivity contribution in [3.8, 4) is 11.5 Å². The molecule has 0 bridgehead atoms. The second-order valence-electron chi connectivity index (χ2n) is 7.10. The lowest BCUT2D eigenvalue weighted by Gasteiger charge is -2.15. The molecule has 0 saturated carbocycles. The van der Waals surface area contributed by atoms with Crippen molar-refractivity contribution in [1.82, 2.24) is 0 Å². The van der Waals surface area contributed by atoms with Gasteiger partial charge in [0.25, 0.3) is 0 Å². The van der Waals surface area contributed by atoms with Crippen molar-refractivity contribution in [3.05, 3.63) is 59.2 Å². The van der Waals surface area contributed by atoms with E-state index < -0.39 is 5.66 Å². The van der Waals surface area contributed by atoms with E-state index in [0.717, 1.165) is 32.1 Å². The molecule has 1 atom stereocenters. The Morgan fingerprint density at radius 1 is 0.867 bits per heavy atom. The van der Waals surface area contributed by atoms with E-state index in [4.69, 9.17) is 9.47 Å². The lowest BCUT2D eigenvalue weighted by molar-refractivity contribution is 0.0967. The SMILES string of the molecule is CCCCCCCC(P=O)C(=O)c1ccccc1C(=O)c1c(OC)cccc1OC. The van der Waals surface area contributed by atoms with Crippen LogP contribution in [0.2, 0.25) is 0 Å². The lowest BCUT2D eigenvalue weighted by Crippen LogP contribution is -2.19. The van der Waals surface area contributed by atoms with Gasteiger partial charge in [-0.2, -0.15) is 0 Å².